The van der Waals surface area contributed by atoms with Gasteiger partial charge in [0.05, 0.1) is 19.1 Å². The highest BCUT2D eigenvalue weighted by Crippen LogP contribution is 2.23. The number of hydrogen-bond donors (Lipinski definition) is 1. The molecule has 1 unspecified atom stereocenters. The van der Waals surface area contributed by atoms with E-state index < -0.39 is 0 Å². The van der Waals surface area contributed by atoms with E-state index in [0.717, 1.165) is 28.3 Å². The van der Waals surface area contributed by atoms with Gasteiger partial charge in [0.25, 0.3) is 0 Å². The third-order valence-corrected chi connectivity index (χ3v) is 4.36. The fourth-order valence-corrected chi connectivity index (χ4v) is 3.17. The highest BCUT2D eigenvalue weighted by atomic mass is 16.5. The quantitative estimate of drug-likeness (QED) is 0.690. The molecule has 0 aliphatic rings. The molecule has 0 aliphatic heterocycles. The van der Waals surface area contributed by atoms with Crippen LogP contribution in [0.15, 0.2) is 42.6 Å². The van der Waals surface area contributed by atoms with Gasteiger partial charge in [-0.05, 0) is 57.5 Å². The number of rotatable bonds is 7. The van der Waals surface area contributed by atoms with Crippen molar-refractivity contribution >= 4 is 17.1 Å². The van der Waals surface area contributed by atoms with Gasteiger partial charge in [-0.3, -0.25) is 4.79 Å². The van der Waals surface area contributed by atoms with Gasteiger partial charge in [-0.1, -0.05) is 12.1 Å². The molecule has 6 nitrogen and oxygen atoms in total. The monoisotopic (exact) mass is 366 g/mol. The number of carbonyl (C=O) groups is 1. The average Bonchev–Trinajstić information content (AvgIpc) is 3.03. The summed E-state index contributed by atoms with van der Waals surface area (Å²) in [4.78, 5) is 21.7. The zero-order chi connectivity index (χ0) is 19.4. The van der Waals surface area contributed by atoms with Gasteiger partial charge in [-0.25, -0.2) is 9.97 Å². The van der Waals surface area contributed by atoms with Crippen LogP contribution in [0.5, 0.6) is 5.75 Å². The molecule has 1 atom stereocenters. The fraction of sp³-hybridized carbons (Fsp3) is 0.381. The molecule has 0 radical (unpaired) electrons. The number of carbonyl (C=O) groups excluding carboxylic acids is 1. The highest BCUT2D eigenvalue weighted by Gasteiger charge is 2.20. The van der Waals surface area contributed by atoms with Gasteiger partial charge < -0.3 is 14.6 Å². The number of aromatic nitrogens is 3. The Bertz CT molecular complexity index is 916. The maximum atomic E-state index is 12.5. The molecule has 0 bridgehead atoms. The number of nitrogens with zero attached hydrogens (tertiary/aromatic N) is 3. The van der Waals surface area contributed by atoms with Crippen molar-refractivity contribution in [2.24, 2.45) is 0 Å². The van der Waals surface area contributed by atoms with Crippen molar-refractivity contribution in [3.05, 3.63) is 54.0 Å². The van der Waals surface area contributed by atoms with Crippen molar-refractivity contribution < 1.29 is 9.53 Å². The molecule has 27 heavy (non-hydrogen) atoms. The Morgan fingerprint density at radius 2 is 1.93 bits per heavy atom. The molecule has 2 heterocycles. The number of ether oxygens (including phenoxy) is 1. The molecule has 3 rings (SSSR count). The van der Waals surface area contributed by atoms with Gasteiger partial charge in [0, 0.05) is 12.2 Å². The minimum atomic E-state index is -0.211. The zero-order valence-electron chi connectivity index (χ0n) is 16.3. The van der Waals surface area contributed by atoms with E-state index >= 15 is 0 Å². The van der Waals surface area contributed by atoms with Crippen LogP contribution in [0.1, 0.15) is 51.2 Å². The molecular weight excluding hydrogens is 340 g/mol. The van der Waals surface area contributed by atoms with Crippen molar-refractivity contribution in [1.82, 2.24) is 19.9 Å². The number of pyridine rings is 1. The first-order valence-corrected chi connectivity index (χ1v) is 9.33. The molecule has 3 aromatic rings. The lowest BCUT2D eigenvalue weighted by Crippen LogP contribution is -2.30. The van der Waals surface area contributed by atoms with Crippen LogP contribution in [0, 0.1) is 0 Å². The molecule has 142 valence electrons. The summed E-state index contributed by atoms with van der Waals surface area (Å²) in [6.45, 7) is 8.71. The number of fused-ring (bicyclic) bond motifs is 1. The van der Waals surface area contributed by atoms with E-state index in [0.29, 0.717) is 13.0 Å². The molecule has 0 saturated heterocycles. The van der Waals surface area contributed by atoms with Gasteiger partial charge >= 0.3 is 0 Å². The fourth-order valence-electron chi connectivity index (χ4n) is 3.17. The summed E-state index contributed by atoms with van der Waals surface area (Å²) >= 11 is 0. The molecule has 6 heteroatoms. The Balaban J connectivity index is 1.73. The molecule has 1 aromatic carbocycles. The van der Waals surface area contributed by atoms with Crippen LogP contribution >= 0.6 is 0 Å². The van der Waals surface area contributed by atoms with Crippen LogP contribution in [0.25, 0.3) is 11.2 Å². The van der Waals surface area contributed by atoms with E-state index in [9.17, 15) is 4.79 Å². The summed E-state index contributed by atoms with van der Waals surface area (Å²) in [7, 11) is 0. The standard InChI is InChI=1S/C21H26N4O2/c1-5-27-17-10-8-16(9-11-17)13-19(26)23-15(4)20-24-18-7-6-12-22-21(18)25(20)14(2)3/h6-12,14-15H,5,13H2,1-4H3,(H,23,26). The van der Waals surface area contributed by atoms with Crippen LogP contribution in [0.2, 0.25) is 0 Å². The van der Waals surface area contributed by atoms with Crippen molar-refractivity contribution in [2.45, 2.75) is 46.2 Å². The molecule has 0 aliphatic carbocycles. The summed E-state index contributed by atoms with van der Waals surface area (Å²) in [6, 6.07) is 11.4. The van der Waals surface area contributed by atoms with E-state index in [2.05, 4.69) is 28.7 Å². The first kappa shape index (κ1) is 18.9. The smallest absolute Gasteiger partial charge is 0.224 e. The Hall–Kier alpha value is -2.89. The normalized spacial score (nSPS) is 12.3. The third-order valence-electron chi connectivity index (χ3n) is 4.36. The molecule has 0 fully saturated rings. The topological polar surface area (TPSA) is 69.0 Å². The predicted molar refractivity (Wildman–Crippen MR) is 106 cm³/mol. The lowest BCUT2D eigenvalue weighted by Gasteiger charge is -2.18. The zero-order valence-corrected chi connectivity index (χ0v) is 16.3. The second-order valence-electron chi connectivity index (χ2n) is 6.82. The maximum Gasteiger partial charge on any atom is 0.224 e. The molecule has 0 saturated carbocycles. The summed E-state index contributed by atoms with van der Waals surface area (Å²) in [6.07, 6.45) is 2.08. The Morgan fingerprint density at radius 1 is 1.19 bits per heavy atom. The molecule has 1 amide bonds. The lowest BCUT2D eigenvalue weighted by atomic mass is 10.1. The number of benzene rings is 1. The Kier molecular flexibility index (Phi) is 5.74. The van der Waals surface area contributed by atoms with Crippen molar-refractivity contribution in [3.63, 3.8) is 0 Å². The maximum absolute atomic E-state index is 12.5. The van der Waals surface area contributed by atoms with Crippen LogP contribution in [-0.2, 0) is 11.2 Å². The van der Waals surface area contributed by atoms with Gasteiger partial charge in [0.1, 0.15) is 17.1 Å². The average molecular weight is 366 g/mol. The van der Waals surface area contributed by atoms with Gasteiger partial charge in [-0.2, -0.15) is 0 Å². The first-order valence-electron chi connectivity index (χ1n) is 9.33. The number of hydrogen-bond acceptors (Lipinski definition) is 4. The lowest BCUT2D eigenvalue weighted by molar-refractivity contribution is -0.121. The van der Waals surface area contributed by atoms with Gasteiger partial charge in [0.2, 0.25) is 5.91 Å². The predicted octanol–water partition coefficient (Wildman–Crippen LogP) is 3.83. The number of imidazole rings is 1. The SMILES string of the molecule is CCOc1ccc(CC(=O)NC(C)c2nc3cccnc3n2C(C)C)cc1. The summed E-state index contributed by atoms with van der Waals surface area (Å²) in [5.41, 5.74) is 2.63. The van der Waals surface area contributed by atoms with Gasteiger partial charge in [-0.15, -0.1) is 0 Å². The third kappa shape index (κ3) is 4.27. The number of amides is 1. The minimum absolute atomic E-state index is 0.0398. The molecule has 2 aromatic heterocycles. The second kappa shape index (κ2) is 8.20. The molecule has 1 N–H and O–H groups in total. The Labute approximate surface area is 159 Å². The van der Waals surface area contributed by atoms with Crippen molar-refractivity contribution in [2.75, 3.05) is 6.61 Å². The van der Waals surface area contributed by atoms with E-state index in [-0.39, 0.29) is 18.0 Å². The number of nitrogens with one attached hydrogen (secondary N) is 1. The van der Waals surface area contributed by atoms with Crippen LogP contribution < -0.4 is 10.1 Å². The summed E-state index contributed by atoms with van der Waals surface area (Å²) < 4.78 is 7.52. The second-order valence-corrected chi connectivity index (χ2v) is 6.82. The van der Waals surface area contributed by atoms with Crippen molar-refractivity contribution in [3.8, 4) is 5.75 Å². The van der Waals surface area contributed by atoms with Crippen LogP contribution in [-0.4, -0.2) is 27.0 Å². The van der Waals surface area contributed by atoms with Crippen LogP contribution in [0.3, 0.4) is 0 Å². The van der Waals surface area contributed by atoms with Crippen LogP contribution in [0.4, 0.5) is 0 Å². The summed E-state index contributed by atoms with van der Waals surface area (Å²) in [5.74, 6) is 1.59. The molecular formula is C21H26N4O2. The van der Waals surface area contributed by atoms with E-state index in [1.54, 1.807) is 6.20 Å². The van der Waals surface area contributed by atoms with E-state index in [4.69, 9.17) is 9.72 Å². The first-order chi connectivity index (χ1) is 13.0. The van der Waals surface area contributed by atoms with E-state index in [1.807, 2.05) is 50.2 Å². The van der Waals surface area contributed by atoms with Gasteiger partial charge in [0.15, 0.2) is 5.65 Å². The van der Waals surface area contributed by atoms with Crippen molar-refractivity contribution in [1.29, 1.82) is 0 Å². The Morgan fingerprint density at radius 3 is 2.59 bits per heavy atom. The van der Waals surface area contributed by atoms with E-state index in [1.165, 1.54) is 0 Å². The molecule has 0 spiro atoms. The highest BCUT2D eigenvalue weighted by molar-refractivity contribution is 5.79. The summed E-state index contributed by atoms with van der Waals surface area (Å²) in [5, 5.41) is 3.06. The largest absolute Gasteiger partial charge is 0.494 e. The minimum Gasteiger partial charge on any atom is -0.494 e.